The molecule has 0 N–H and O–H groups in total. The Bertz CT molecular complexity index is 935. The number of nitrogens with zero attached hydrogens (tertiary/aromatic N) is 2. The van der Waals surface area contributed by atoms with Crippen molar-refractivity contribution in [1.29, 1.82) is 0 Å². The normalized spacial score (nSPS) is 16.4. The van der Waals surface area contributed by atoms with Crippen LogP contribution in [0, 0.1) is 0 Å². The molecule has 0 aliphatic carbocycles. The molecule has 150 valence electrons. The molecule has 6 heteroatoms. The van der Waals surface area contributed by atoms with Gasteiger partial charge in [0.2, 0.25) is 15.9 Å². The fourth-order valence-electron chi connectivity index (χ4n) is 3.86. The van der Waals surface area contributed by atoms with E-state index in [1.165, 1.54) is 9.87 Å². The van der Waals surface area contributed by atoms with Crippen LogP contribution in [0.1, 0.15) is 38.3 Å². The lowest BCUT2D eigenvalue weighted by Crippen LogP contribution is -2.35. The highest BCUT2D eigenvalue weighted by atomic mass is 32.2. The third-order valence-electron chi connectivity index (χ3n) is 5.37. The average Bonchev–Trinajstić information content (AvgIpc) is 3.03. The second-order valence-corrected chi connectivity index (χ2v) is 9.12. The molecule has 2 aromatic carbocycles. The van der Waals surface area contributed by atoms with Crippen molar-refractivity contribution < 1.29 is 13.2 Å². The number of rotatable bonds is 7. The number of sulfonamides is 1. The van der Waals surface area contributed by atoms with Crippen molar-refractivity contribution in [2.24, 2.45) is 0 Å². The van der Waals surface area contributed by atoms with E-state index in [0.717, 1.165) is 17.7 Å². The van der Waals surface area contributed by atoms with Crippen LogP contribution in [0.25, 0.3) is 0 Å². The van der Waals surface area contributed by atoms with Crippen LogP contribution in [-0.2, 0) is 27.7 Å². The summed E-state index contributed by atoms with van der Waals surface area (Å²) in [5.41, 5.74) is 3.20. The number of fused-ring (bicyclic) bond motifs is 1. The van der Waals surface area contributed by atoms with Crippen LogP contribution in [0.2, 0.25) is 0 Å². The maximum absolute atomic E-state index is 12.8. The molecular weight excluding hydrogens is 372 g/mol. The van der Waals surface area contributed by atoms with Gasteiger partial charge in [0, 0.05) is 31.2 Å². The smallest absolute Gasteiger partial charge is 0.243 e. The SMILES string of the molecule is CCN(CC)S(=O)(=O)c1ccc(CCC(=O)N2c3ccccc3C[C@H]2C)cc1. The van der Waals surface area contributed by atoms with E-state index in [2.05, 4.69) is 13.0 Å². The number of carbonyl (C=O) groups excluding carboxylic acids is 1. The van der Waals surface area contributed by atoms with Crippen LogP contribution in [0.5, 0.6) is 0 Å². The quantitative estimate of drug-likeness (QED) is 0.713. The molecule has 0 unspecified atom stereocenters. The van der Waals surface area contributed by atoms with E-state index >= 15 is 0 Å². The Labute approximate surface area is 168 Å². The van der Waals surface area contributed by atoms with Gasteiger partial charge in [-0.1, -0.05) is 44.2 Å². The first-order chi connectivity index (χ1) is 13.4. The Balaban J connectivity index is 1.66. The zero-order valence-electron chi connectivity index (χ0n) is 16.8. The molecule has 0 saturated carbocycles. The minimum absolute atomic E-state index is 0.109. The minimum atomic E-state index is -3.44. The number of carbonyl (C=O) groups is 1. The van der Waals surface area contributed by atoms with Gasteiger partial charge < -0.3 is 4.90 Å². The fourth-order valence-corrected chi connectivity index (χ4v) is 5.32. The first-order valence-corrected chi connectivity index (χ1v) is 11.3. The second kappa shape index (κ2) is 8.45. The zero-order chi connectivity index (χ0) is 20.3. The van der Waals surface area contributed by atoms with Crippen molar-refractivity contribution in [1.82, 2.24) is 4.31 Å². The molecule has 5 nitrogen and oxygen atoms in total. The van der Waals surface area contributed by atoms with Gasteiger partial charge in [-0.2, -0.15) is 4.31 Å². The highest BCUT2D eigenvalue weighted by Gasteiger charge is 2.30. The van der Waals surface area contributed by atoms with Crippen molar-refractivity contribution in [3.8, 4) is 0 Å². The summed E-state index contributed by atoms with van der Waals surface area (Å²) in [7, 11) is -3.44. The maximum atomic E-state index is 12.8. The number of anilines is 1. The number of aryl methyl sites for hydroxylation is 1. The fraction of sp³-hybridized carbons (Fsp3) is 0.409. The Hall–Kier alpha value is -2.18. The van der Waals surface area contributed by atoms with Gasteiger partial charge in [-0.25, -0.2) is 8.42 Å². The number of benzene rings is 2. The summed E-state index contributed by atoms with van der Waals surface area (Å²) >= 11 is 0. The number of hydrogen-bond acceptors (Lipinski definition) is 3. The Morgan fingerprint density at radius 2 is 1.71 bits per heavy atom. The lowest BCUT2D eigenvalue weighted by atomic mass is 10.1. The van der Waals surface area contributed by atoms with Crippen LogP contribution in [0.3, 0.4) is 0 Å². The van der Waals surface area contributed by atoms with Gasteiger partial charge in [-0.15, -0.1) is 0 Å². The molecule has 0 fully saturated rings. The largest absolute Gasteiger partial charge is 0.309 e. The summed E-state index contributed by atoms with van der Waals surface area (Å²) < 4.78 is 26.6. The van der Waals surface area contributed by atoms with E-state index in [1.807, 2.05) is 49.1 Å². The molecule has 0 bridgehead atoms. The molecule has 0 saturated heterocycles. The van der Waals surface area contributed by atoms with Gasteiger partial charge in [0.25, 0.3) is 0 Å². The Morgan fingerprint density at radius 1 is 1.07 bits per heavy atom. The molecule has 2 aromatic rings. The van der Waals surface area contributed by atoms with Crippen LogP contribution in [0.15, 0.2) is 53.4 Å². The van der Waals surface area contributed by atoms with Crippen LogP contribution in [-0.4, -0.2) is 37.8 Å². The first kappa shape index (κ1) is 20.6. The molecule has 0 spiro atoms. The molecule has 0 radical (unpaired) electrons. The summed E-state index contributed by atoms with van der Waals surface area (Å²) in [5, 5.41) is 0. The molecule has 1 aliphatic heterocycles. The molecule has 28 heavy (non-hydrogen) atoms. The van der Waals surface area contributed by atoms with E-state index in [9.17, 15) is 13.2 Å². The van der Waals surface area contributed by atoms with Crippen LogP contribution >= 0.6 is 0 Å². The lowest BCUT2D eigenvalue weighted by Gasteiger charge is -2.23. The van der Waals surface area contributed by atoms with E-state index in [4.69, 9.17) is 0 Å². The van der Waals surface area contributed by atoms with Gasteiger partial charge in [-0.05, 0) is 49.1 Å². The molecule has 3 rings (SSSR count). The molecule has 1 aliphatic rings. The average molecular weight is 401 g/mol. The maximum Gasteiger partial charge on any atom is 0.243 e. The highest BCUT2D eigenvalue weighted by Crippen LogP contribution is 2.32. The van der Waals surface area contributed by atoms with Gasteiger partial charge >= 0.3 is 0 Å². The Kier molecular flexibility index (Phi) is 6.20. The van der Waals surface area contributed by atoms with Crippen molar-refractivity contribution in [2.75, 3.05) is 18.0 Å². The van der Waals surface area contributed by atoms with Crippen molar-refractivity contribution >= 4 is 21.6 Å². The number of hydrogen-bond donors (Lipinski definition) is 0. The van der Waals surface area contributed by atoms with E-state index in [0.29, 0.717) is 30.8 Å². The number of para-hydroxylation sites is 1. The summed E-state index contributed by atoms with van der Waals surface area (Å²) in [4.78, 5) is 15.0. The van der Waals surface area contributed by atoms with Crippen molar-refractivity contribution in [3.63, 3.8) is 0 Å². The monoisotopic (exact) mass is 400 g/mol. The predicted octanol–water partition coefficient (Wildman–Crippen LogP) is 3.63. The minimum Gasteiger partial charge on any atom is -0.309 e. The molecular formula is C22H28N2O3S. The Morgan fingerprint density at radius 3 is 2.36 bits per heavy atom. The van der Waals surface area contributed by atoms with Crippen molar-refractivity contribution in [3.05, 3.63) is 59.7 Å². The topological polar surface area (TPSA) is 57.7 Å². The summed E-state index contributed by atoms with van der Waals surface area (Å²) in [5.74, 6) is 0.109. The summed E-state index contributed by atoms with van der Waals surface area (Å²) in [6, 6.07) is 15.1. The predicted molar refractivity (Wildman–Crippen MR) is 112 cm³/mol. The van der Waals surface area contributed by atoms with E-state index in [-0.39, 0.29) is 11.9 Å². The van der Waals surface area contributed by atoms with Gasteiger partial charge in [0.05, 0.1) is 4.90 Å². The summed E-state index contributed by atoms with van der Waals surface area (Å²) in [6.07, 6.45) is 1.89. The third-order valence-corrected chi connectivity index (χ3v) is 7.43. The molecule has 1 amide bonds. The third kappa shape index (κ3) is 3.98. The van der Waals surface area contributed by atoms with Gasteiger partial charge in [0.1, 0.15) is 0 Å². The van der Waals surface area contributed by atoms with Gasteiger partial charge in [-0.3, -0.25) is 4.79 Å². The molecule has 1 atom stereocenters. The highest BCUT2D eigenvalue weighted by molar-refractivity contribution is 7.89. The zero-order valence-corrected chi connectivity index (χ0v) is 17.6. The van der Waals surface area contributed by atoms with Crippen LogP contribution < -0.4 is 4.90 Å². The lowest BCUT2D eigenvalue weighted by molar-refractivity contribution is -0.118. The van der Waals surface area contributed by atoms with E-state index in [1.54, 1.807) is 12.1 Å². The molecule has 1 heterocycles. The first-order valence-electron chi connectivity index (χ1n) is 9.87. The van der Waals surface area contributed by atoms with Crippen molar-refractivity contribution in [2.45, 2.75) is 51.0 Å². The second-order valence-electron chi connectivity index (χ2n) is 7.18. The standard InChI is InChI=1S/C22H28N2O3S/c1-4-23(5-2)28(26,27)20-13-10-18(11-14-20)12-15-22(25)24-17(3)16-19-8-6-7-9-21(19)24/h6-11,13-14,17H,4-5,12,15-16H2,1-3H3/t17-/m1/s1. The molecule has 0 aromatic heterocycles. The summed E-state index contributed by atoms with van der Waals surface area (Å²) in [6.45, 7) is 6.64. The van der Waals surface area contributed by atoms with E-state index < -0.39 is 10.0 Å². The number of amides is 1. The van der Waals surface area contributed by atoms with Gasteiger partial charge in [0.15, 0.2) is 0 Å². The van der Waals surface area contributed by atoms with Crippen LogP contribution in [0.4, 0.5) is 5.69 Å².